The summed E-state index contributed by atoms with van der Waals surface area (Å²) < 4.78 is 51.1. The van der Waals surface area contributed by atoms with Gasteiger partial charge < -0.3 is 14.8 Å². The molecule has 0 saturated carbocycles. The van der Waals surface area contributed by atoms with Gasteiger partial charge in [0.2, 0.25) is 0 Å². The van der Waals surface area contributed by atoms with Crippen molar-refractivity contribution in [3.8, 4) is 11.5 Å². The number of hydrogen-bond acceptors (Lipinski definition) is 6. The van der Waals surface area contributed by atoms with Gasteiger partial charge in [0.05, 0.1) is 30.8 Å². The summed E-state index contributed by atoms with van der Waals surface area (Å²) in [5.74, 6) is 0.0247. The monoisotopic (exact) mass is 421 g/mol. The minimum absolute atomic E-state index is 0. The fourth-order valence-electron chi connectivity index (χ4n) is 2.78. The van der Waals surface area contributed by atoms with Gasteiger partial charge >= 0.3 is 6.18 Å². The van der Waals surface area contributed by atoms with E-state index in [0.29, 0.717) is 13.1 Å². The molecule has 7 nitrogen and oxygen atoms in total. The molecule has 2 rings (SSSR count). The second-order valence-corrected chi connectivity index (χ2v) is 5.25. The Labute approximate surface area is 160 Å². The summed E-state index contributed by atoms with van der Waals surface area (Å²) in [6, 6.07) is -0.0773. The molecule has 1 aromatic carbocycles. The van der Waals surface area contributed by atoms with Gasteiger partial charge in [0.1, 0.15) is 6.04 Å². The molecule has 0 aromatic heterocycles. The first-order valence-electron chi connectivity index (χ1n) is 7.21. The van der Waals surface area contributed by atoms with Crippen molar-refractivity contribution >= 4 is 30.5 Å². The normalized spacial score (nSPS) is 16.0. The van der Waals surface area contributed by atoms with Crippen LogP contribution < -0.4 is 14.8 Å². The van der Waals surface area contributed by atoms with Gasteiger partial charge in [-0.15, -0.1) is 24.8 Å². The molecule has 1 aliphatic heterocycles. The lowest BCUT2D eigenvalue weighted by atomic mass is 10.0. The molecule has 0 unspecified atom stereocenters. The highest BCUT2D eigenvalue weighted by atomic mass is 35.5. The maximum atomic E-state index is 13.7. The Morgan fingerprint density at radius 1 is 1.15 bits per heavy atom. The number of nitrogens with one attached hydrogen (secondary N) is 1. The zero-order chi connectivity index (χ0) is 17.9. The molecular weight excluding hydrogens is 402 g/mol. The average molecular weight is 422 g/mol. The highest BCUT2D eigenvalue weighted by Crippen LogP contribution is 2.45. The molecule has 1 aromatic rings. The summed E-state index contributed by atoms with van der Waals surface area (Å²) in [6.07, 6.45) is -4.66. The summed E-state index contributed by atoms with van der Waals surface area (Å²) in [6.45, 7) is 1.03. The average Bonchev–Trinajstić information content (AvgIpc) is 2.54. The number of benzene rings is 1. The molecule has 0 amide bonds. The molecule has 1 atom stereocenters. The molecule has 1 N–H and O–H groups in total. The highest BCUT2D eigenvalue weighted by Gasteiger charge is 2.48. The van der Waals surface area contributed by atoms with Crippen molar-refractivity contribution in [2.45, 2.75) is 12.2 Å². The van der Waals surface area contributed by atoms with Gasteiger partial charge in [0.15, 0.2) is 11.5 Å². The Balaban J connectivity index is 0.00000312. The van der Waals surface area contributed by atoms with Crippen molar-refractivity contribution in [1.29, 1.82) is 0 Å². The van der Waals surface area contributed by atoms with E-state index in [1.54, 1.807) is 0 Å². The van der Waals surface area contributed by atoms with Crippen LogP contribution in [0, 0.1) is 10.1 Å². The van der Waals surface area contributed by atoms with Crippen LogP contribution in [0.15, 0.2) is 12.1 Å². The lowest BCUT2D eigenvalue weighted by Gasteiger charge is -2.36. The molecule has 1 heterocycles. The third-order valence-electron chi connectivity index (χ3n) is 3.85. The van der Waals surface area contributed by atoms with E-state index in [1.165, 1.54) is 19.1 Å². The molecule has 1 saturated heterocycles. The van der Waals surface area contributed by atoms with E-state index in [2.05, 4.69) is 5.32 Å². The Morgan fingerprint density at radius 2 is 1.65 bits per heavy atom. The van der Waals surface area contributed by atoms with E-state index >= 15 is 0 Å². The molecule has 12 heteroatoms. The van der Waals surface area contributed by atoms with Gasteiger partial charge in [-0.3, -0.25) is 15.0 Å². The number of halogens is 5. The van der Waals surface area contributed by atoms with E-state index in [4.69, 9.17) is 9.47 Å². The Bertz CT molecular complexity index is 614. The van der Waals surface area contributed by atoms with Crippen LogP contribution in [0.1, 0.15) is 11.6 Å². The largest absolute Gasteiger partial charge is 0.493 e. The fraction of sp³-hybridized carbons (Fsp3) is 0.571. The first-order chi connectivity index (χ1) is 11.3. The second kappa shape index (κ2) is 10.0. The fourth-order valence-corrected chi connectivity index (χ4v) is 2.78. The summed E-state index contributed by atoms with van der Waals surface area (Å²) in [4.78, 5) is 11.7. The first-order valence-corrected chi connectivity index (χ1v) is 7.21. The van der Waals surface area contributed by atoms with Crippen LogP contribution in [-0.2, 0) is 0 Å². The zero-order valence-corrected chi connectivity index (χ0v) is 15.7. The molecule has 26 heavy (non-hydrogen) atoms. The van der Waals surface area contributed by atoms with Crippen LogP contribution in [0.25, 0.3) is 0 Å². The maximum absolute atomic E-state index is 13.7. The number of nitro benzene ring substituents is 1. The van der Waals surface area contributed by atoms with E-state index in [9.17, 15) is 23.3 Å². The molecule has 1 fully saturated rings. The highest BCUT2D eigenvalue weighted by molar-refractivity contribution is 5.85. The lowest BCUT2D eigenvalue weighted by molar-refractivity contribution is -0.386. The minimum atomic E-state index is -4.66. The Hall–Kier alpha value is -1.49. The number of nitrogens with zero attached hydrogens (tertiary/aromatic N) is 2. The number of alkyl halides is 3. The van der Waals surface area contributed by atoms with Gasteiger partial charge in [0.25, 0.3) is 5.69 Å². The molecule has 0 bridgehead atoms. The zero-order valence-electron chi connectivity index (χ0n) is 14.0. The first kappa shape index (κ1) is 24.5. The third-order valence-corrected chi connectivity index (χ3v) is 3.85. The quantitative estimate of drug-likeness (QED) is 0.581. The number of piperazine rings is 1. The van der Waals surface area contributed by atoms with Crippen LogP contribution in [0.4, 0.5) is 18.9 Å². The summed E-state index contributed by atoms with van der Waals surface area (Å²) in [7, 11) is 2.53. The van der Waals surface area contributed by atoms with Gasteiger partial charge in [0, 0.05) is 26.2 Å². The SMILES string of the molecule is COc1cc([C@@H](N2CCNCC2)C(F)(F)F)c([N+](=O)[O-])cc1OC.Cl.Cl. The Morgan fingerprint density at radius 3 is 2.08 bits per heavy atom. The van der Waals surface area contributed by atoms with Gasteiger partial charge in [-0.2, -0.15) is 13.2 Å². The van der Waals surface area contributed by atoms with Crippen molar-refractivity contribution in [2.75, 3.05) is 40.4 Å². The standard InChI is InChI=1S/C14H18F3N3O4.2ClH/c1-23-11-7-9(10(20(21)22)8-12(11)24-2)13(14(15,16)17)19-5-3-18-4-6-19;;/h7-8,13,18H,3-6H2,1-2H3;2*1H/t13-;;/m1../s1. The van der Waals surface area contributed by atoms with Crippen LogP contribution in [-0.4, -0.2) is 56.4 Å². The van der Waals surface area contributed by atoms with Crippen LogP contribution in [0.3, 0.4) is 0 Å². The van der Waals surface area contributed by atoms with Gasteiger partial charge in [-0.25, -0.2) is 0 Å². The smallest absolute Gasteiger partial charge is 0.408 e. The van der Waals surface area contributed by atoms with Crippen LogP contribution in [0.2, 0.25) is 0 Å². The van der Waals surface area contributed by atoms with Crippen molar-refractivity contribution in [1.82, 2.24) is 10.2 Å². The van der Waals surface area contributed by atoms with Crippen molar-refractivity contribution in [3.63, 3.8) is 0 Å². The van der Waals surface area contributed by atoms with Gasteiger partial charge in [-0.05, 0) is 6.07 Å². The molecule has 1 aliphatic rings. The third kappa shape index (κ3) is 5.26. The lowest BCUT2D eigenvalue weighted by Crippen LogP contribution is -2.49. The molecular formula is C14H20Cl2F3N3O4. The van der Waals surface area contributed by atoms with E-state index in [0.717, 1.165) is 12.1 Å². The predicted molar refractivity (Wildman–Crippen MR) is 93.9 cm³/mol. The molecule has 150 valence electrons. The number of nitro groups is 1. The van der Waals surface area contributed by atoms with Crippen molar-refractivity contribution in [3.05, 3.63) is 27.8 Å². The molecule has 0 aliphatic carbocycles. The van der Waals surface area contributed by atoms with Crippen molar-refractivity contribution < 1.29 is 27.6 Å². The number of ether oxygens (including phenoxy) is 2. The maximum Gasteiger partial charge on any atom is 0.408 e. The van der Waals surface area contributed by atoms with Crippen LogP contribution in [0.5, 0.6) is 11.5 Å². The predicted octanol–water partition coefficient (Wildman–Crippen LogP) is 2.96. The molecule has 0 radical (unpaired) electrons. The van der Waals surface area contributed by atoms with E-state index < -0.39 is 28.4 Å². The second-order valence-electron chi connectivity index (χ2n) is 5.25. The van der Waals surface area contributed by atoms with Crippen molar-refractivity contribution in [2.24, 2.45) is 0 Å². The summed E-state index contributed by atoms with van der Waals surface area (Å²) in [5, 5.41) is 14.3. The van der Waals surface area contributed by atoms with E-state index in [1.807, 2.05) is 0 Å². The van der Waals surface area contributed by atoms with Gasteiger partial charge in [-0.1, -0.05) is 0 Å². The Kier molecular flexibility index (Phi) is 9.43. The minimum Gasteiger partial charge on any atom is -0.493 e. The number of hydrogen-bond donors (Lipinski definition) is 1. The summed E-state index contributed by atoms with van der Waals surface area (Å²) >= 11 is 0. The molecule has 0 spiro atoms. The number of methoxy groups -OCH3 is 2. The summed E-state index contributed by atoms with van der Waals surface area (Å²) in [5.41, 5.74) is -1.10. The van der Waals surface area contributed by atoms with Crippen LogP contribution >= 0.6 is 24.8 Å². The topological polar surface area (TPSA) is 76.9 Å². The van der Waals surface area contributed by atoms with E-state index in [-0.39, 0.29) is 49.4 Å². The number of rotatable bonds is 5.